The fraction of sp³-hybridized carbons (Fsp3) is 0.208. The Hall–Kier alpha value is -2.96. The average Bonchev–Trinajstić information content (AvgIpc) is 3.23. The average molecular weight is 419 g/mol. The molecule has 4 aromatic rings. The van der Waals surface area contributed by atoms with Gasteiger partial charge in [-0.3, -0.25) is 0 Å². The number of imidazole rings is 1. The molecule has 6 heteroatoms. The van der Waals surface area contributed by atoms with Crippen molar-refractivity contribution in [3.05, 3.63) is 89.4 Å². The van der Waals surface area contributed by atoms with Gasteiger partial charge in [0.25, 0.3) is 0 Å². The molecule has 0 N–H and O–H groups in total. The quantitative estimate of drug-likeness (QED) is 0.475. The fourth-order valence-electron chi connectivity index (χ4n) is 4.24. The third kappa shape index (κ3) is 3.04. The molecule has 0 saturated heterocycles. The molecule has 0 saturated carbocycles. The maximum atomic E-state index is 11.8. The number of pyridine rings is 1. The van der Waals surface area contributed by atoms with Crippen LogP contribution in [0.25, 0.3) is 16.8 Å². The predicted octanol–water partition coefficient (Wildman–Crippen LogP) is 4.89. The highest BCUT2D eigenvalue weighted by Crippen LogP contribution is 2.43. The smallest absolute Gasteiger partial charge is 0.175 e. The number of hydrogen-bond donors (Lipinski definition) is 0. The van der Waals surface area contributed by atoms with Crippen LogP contribution in [0.2, 0.25) is 0 Å². The molecular formula is C24H22N2O3S. The number of nitrogens with zero attached hydrogens (tertiary/aromatic N) is 2. The summed E-state index contributed by atoms with van der Waals surface area (Å²) in [5.74, 6) is 0. The van der Waals surface area contributed by atoms with Gasteiger partial charge in [0.05, 0.1) is 22.4 Å². The molecule has 0 spiro atoms. The van der Waals surface area contributed by atoms with Crippen LogP contribution in [-0.4, -0.2) is 24.1 Å². The molecule has 2 atom stereocenters. The third-order valence-corrected chi connectivity index (χ3v) is 6.89. The summed E-state index contributed by atoms with van der Waals surface area (Å²) < 4.78 is 31.9. The molecule has 0 amide bonds. The van der Waals surface area contributed by atoms with Gasteiger partial charge in [-0.25, -0.2) is 13.4 Å². The van der Waals surface area contributed by atoms with E-state index in [1.165, 1.54) is 17.4 Å². The Morgan fingerprint density at radius 1 is 0.933 bits per heavy atom. The van der Waals surface area contributed by atoms with Gasteiger partial charge in [-0.15, -0.1) is 0 Å². The third-order valence-electron chi connectivity index (χ3n) is 5.76. The maximum Gasteiger partial charge on any atom is 0.175 e. The fourth-order valence-corrected chi connectivity index (χ4v) is 4.87. The van der Waals surface area contributed by atoms with E-state index in [1.54, 1.807) is 12.1 Å². The number of rotatable bonds is 3. The SMILES string of the molecule is Cc1nc2ccc(-c3ccc(S(C)(=O)=O)cc3)cn2c1C1O[C@H](C)c2ccccc21. The second-order valence-corrected chi connectivity index (χ2v) is 9.83. The first-order chi connectivity index (χ1) is 14.3. The molecule has 30 heavy (non-hydrogen) atoms. The predicted molar refractivity (Wildman–Crippen MR) is 116 cm³/mol. The van der Waals surface area contributed by atoms with Crippen molar-refractivity contribution < 1.29 is 13.2 Å². The Morgan fingerprint density at radius 3 is 2.30 bits per heavy atom. The number of ether oxygens (including phenoxy) is 1. The Labute approximate surface area is 175 Å². The van der Waals surface area contributed by atoms with E-state index in [9.17, 15) is 8.42 Å². The molecule has 1 unspecified atom stereocenters. The lowest BCUT2D eigenvalue weighted by atomic mass is 10.00. The summed E-state index contributed by atoms with van der Waals surface area (Å²) in [6.45, 7) is 4.09. The van der Waals surface area contributed by atoms with Crippen molar-refractivity contribution >= 4 is 15.5 Å². The van der Waals surface area contributed by atoms with E-state index in [2.05, 4.69) is 29.7 Å². The monoisotopic (exact) mass is 418 g/mol. The number of hydrogen-bond acceptors (Lipinski definition) is 4. The zero-order chi connectivity index (χ0) is 21.0. The topological polar surface area (TPSA) is 60.7 Å². The number of sulfone groups is 1. The Bertz CT molecular complexity index is 1370. The lowest BCUT2D eigenvalue weighted by Gasteiger charge is -2.14. The van der Waals surface area contributed by atoms with Crippen LogP contribution in [0, 0.1) is 6.92 Å². The Balaban J connectivity index is 1.63. The van der Waals surface area contributed by atoms with Gasteiger partial charge in [0.15, 0.2) is 9.84 Å². The molecule has 1 aliphatic rings. The van der Waals surface area contributed by atoms with Gasteiger partial charge in [0.2, 0.25) is 0 Å². The van der Waals surface area contributed by atoms with Crippen molar-refractivity contribution in [2.75, 3.05) is 6.26 Å². The Kier molecular flexibility index (Phi) is 4.31. The standard InChI is InChI=1S/C24H22N2O3S/c1-15-23(24-21-7-5-4-6-20(21)16(2)29-24)26-14-18(10-13-22(26)25-15)17-8-11-19(12-9-17)30(3,27)28/h4-14,16,24H,1-3H3/t16-,24?/m1/s1. The second-order valence-electron chi connectivity index (χ2n) is 7.81. The van der Waals surface area contributed by atoms with Gasteiger partial charge in [0.1, 0.15) is 11.8 Å². The minimum atomic E-state index is -3.22. The first-order valence-electron chi connectivity index (χ1n) is 9.86. The summed E-state index contributed by atoms with van der Waals surface area (Å²) in [5.41, 5.74) is 7.15. The maximum absolute atomic E-state index is 11.8. The Morgan fingerprint density at radius 2 is 1.60 bits per heavy atom. The van der Waals surface area contributed by atoms with Crippen molar-refractivity contribution in [1.82, 2.24) is 9.38 Å². The van der Waals surface area contributed by atoms with Gasteiger partial charge < -0.3 is 9.14 Å². The zero-order valence-electron chi connectivity index (χ0n) is 17.0. The molecule has 152 valence electrons. The van der Waals surface area contributed by atoms with Crippen molar-refractivity contribution in [2.45, 2.75) is 31.0 Å². The number of fused-ring (bicyclic) bond motifs is 2. The molecule has 0 fully saturated rings. The highest BCUT2D eigenvalue weighted by atomic mass is 32.2. The van der Waals surface area contributed by atoms with Gasteiger partial charge in [0, 0.05) is 12.5 Å². The van der Waals surface area contributed by atoms with E-state index < -0.39 is 9.84 Å². The highest BCUT2D eigenvalue weighted by Gasteiger charge is 2.33. The molecule has 0 aliphatic carbocycles. The first kappa shape index (κ1) is 19.0. The number of aromatic nitrogens is 2. The van der Waals surface area contributed by atoms with Crippen molar-refractivity contribution in [3.8, 4) is 11.1 Å². The molecule has 1 aliphatic heterocycles. The minimum Gasteiger partial charge on any atom is -0.360 e. The van der Waals surface area contributed by atoms with Crippen LogP contribution in [0.1, 0.15) is 41.6 Å². The summed E-state index contributed by atoms with van der Waals surface area (Å²) in [6.07, 6.45) is 3.13. The first-order valence-corrected chi connectivity index (χ1v) is 11.8. The highest BCUT2D eigenvalue weighted by molar-refractivity contribution is 7.90. The molecule has 2 aromatic carbocycles. The largest absolute Gasteiger partial charge is 0.360 e. The van der Waals surface area contributed by atoms with E-state index in [-0.39, 0.29) is 12.2 Å². The van der Waals surface area contributed by atoms with Crippen molar-refractivity contribution in [3.63, 3.8) is 0 Å². The zero-order valence-corrected chi connectivity index (χ0v) is 17.8. The number of benzene rings is 2. The normalized spacial score (nSPS) is 18.6. The molecule has 0 radical (unpaired) electrons. The van der Waals surface area contributed by atoms with Crippen LogP contribution in [0.15, 0.2) is 71.8 Å². The molecule has 2 aromatic heterocycles. The van der Waals surface area contributed by atoms with Crippen LogP contribution in [0.5, 0.6) is 0 Å². The molecule has 5 nitrogen and oxygen atoms in total. The van der Waals surface area contributed by atoms with Crippen LogP contribution >= 0.6 is 0 Å². The summed E-state index contributed by atoms with van der Waals surface area (Å²) in [6, 6.07) is 19.3. The van der Waals surface area contributed by atoms with Gasteiger partial charge >= 0.3 is 0 Å². The number of aryl methyl sites for hydroxylation is 1. The van der Waals surface area contributed by atoms with Crippen LogP contribution in [0.3, 0.4) is 0 Å². The van der Waals surface area contributed by atoms with E-state index in [1.807, 2.05) is 43.3 Å². The summed E-state index contributed by atoms with van der Waals surface area (Å²) in [5, 5.41) is 0. The lowest BCUT2D eigenvalue weighted by Crippen LogP contribution is -2.05. The molecule has 0 bridgehead atoms. The van der Waals surface area contributed by atoms with Crippen LogP contribution < -0.4 is 0 Å². The van der Waals surface area contributed by atoms with Crippen molar-refractivity contribution in [2.24, 2.45) is 0 Å². The summed E-state index contributed by atoms with van der Waals surface area (Å²) >= 11 is 0. The second kappa shape index (κ2) is 6.79. The van der Waals surface area contributed by atoms with Gasteiger partial charge in [-0.1, -0.05) is 36.4 Å². The summed E-state index contributed by atoms with van der Waals surface area (Å²) in [7, 11) is -3.22. The minimum absolute atomic E-state index is 0.0304. The van der Waals surface area contributed by atoms with Crippen LogP contribution in [0.4, 0.5) is 0 Å². The molecule has 3 heterocycles. The van der Waals surface area contributed by atoms with Gasteiger partial charge in [-0.05, 0) is 60.4 Å². The summed E-state index contributed by atoms with van der Waals surface area (Å²) in [4.78, 5) is 5.06. The van der Waals surface area contributed by atoms with E-state index in [0.717, 1.165) is 28.2 Å². The van der Waals surface area contributed by atoms with E-state index >= 15 is 0 Å². The van der Waals surface area contributed by atoms with Gasteiger partial charge in [-0.2, -0.15) is 0 Å². The lowest BCUT2D eigenvalue weighted by molar-refractivity contribution is 0.0424. The molecular weight excluding hydrogens is 396 g/mol. The van der Waals surface area contributed by atoms with Crippen LogP contribution in [-0.2, 0) is 14.6 Å². The molecule has 5 rings (SSSR count). The van der Waals surface area contributed by atoms with E-state index in [0.29, 0.717) is 4.90 Å². The van der Waals surface area contributed by atoms with Crippen molar-refractivity contribution in [1.29, 1.82) is 0 Å². The van der Waals surface area contributed by atoms with E-state index in [4.69, 9.17) is 9.72 Å².